The molecule has 0 bridgehead atoms. The van der Waals surface area contributed by atoms with Crippen molar-refractivity contribution >= 4 is 52.9 Å². The van der Waals surface area contributed by atoms with Crippen molar-refractivity contribution < 1.29 is 0 Å². The van der Waals surface area contributed by atoms with Gasteiger partial charge in [-0.2, -0.15) is 0 Å². The average molecular weight is 304 g/mol. The predicted molar refractivity (Wildman–Crippen MR) is 75.8 cm³/mol. The number of anilines is 1. The summed E-state index contributed by atoms with van der Waals surface area (Å²) in [7, 11) is 0. The zero-order valence-corrected chi connectivity index (χ0v) is 11.7. The second-order valence-electron chi connectivity index (χ2n) is 2.97. The van der Waals surface area contributed by atoms with Gasteiger partial charge in [0, 0.05) is 25.5 Å². The van der Waals surface area contributed by atoms with Crippen LogP contribution in [0.15, 0.2) is 18.2 Å². The first-order valence-electron chi connectivity index (χ1n) is 4.70. The molecule has 1 aromatic carbocycles. The number of alkyl halides is 1. The Morgan fingerprint density at radius 3 is 2.50 bits per heavy atom. The average Bonchev–Trinajstić information content (AvgIpc) is 2.24. The molecule has 0 spiro atoms. The lowest BCUT2D eigenvalue weighted by Crippen LogP contribution is -2.23. The highest BCUT2D eigenvalue weighted by molar-refractivity contribution is 6.43. The monoisotopic (exact) mass is 302 g/mol. The van der Waals surface area contributed by atoms with Gasteiger partial charge in [0.2, 0.25) is 0 Å². The van der Waals surface area contributed by atoms with E-state index in [0.29, 0.717) is 15.9 Å². The Morgan fingerprint density at radius 2 is 1.81 bits per heavy atom. The van der Waals surface area contributed by atoms with Crippen LogP contribution in [0.5, 0.6) is 0 Å². The van der Waals surface area contributed by atoms with Crippen LogP contribution in [0.4, 0.5) is 5.69 Å². The van der Waals surface area contributed by atoms with Crippen molar-refractivity contribution in [2.24, 2.45) is 0 Å². The highest BCUT2D eigenvalue weighted by atomic mass is 35.5. The van der Waals surface area contributed by atoms with Crippen LogP contribution >= 0.6 is 47.2 Å². The molecule has 2 nitrogen and oxygen atoms in total. The summed E-state index contributed by atoms with van der Waals surface area (Å²) in [6, 6.07) is 5.53. The quantitative estimate of drug-likeness (QED) is 0.619. The minimum absolute atomic E-state index is 0. The molecule has 0 aliphatic carbocycles. The Bertz CT molecular complexity index is 307. The molecule has 16 heavy (non-hydrogen) atoms. The molecule has 0 heterocycles. The van der Waals surface area contributed by atoms with Gasteiger partial charge in [-0.05, 0) is 12.1 Å². The summed E-state index contributed by atoms with van der Waals surface area (Å²) in [4.78, 5) is 0. The molecule has 0 aliphatic rings. The first-order valence-corrected chi connectivity index (χ1v) is 5.99. The van der Waals surface area contributed by atoms with Gasteiger partial charge in [-0.25, -0.2) is 0 Å². The Kier molecular flexibility index (Phi) is 9.28. The third-order valence-corrected chi connectivity index (χ3v) is 2.85. The predicted octanol–water partition coefficient (Wildman–Crippen LogP) is 3.66. The number of benzene rings is 1. The van der Waals surface area contributed by atoms with Crippen molar-refractivity contribution in [1.29, 1.82) is 0 Å². The van der Waals surface area contributed by atoms with Crippen LogP contribution in [-0.4, -0.2) is 25.5 Å². The van der Waals surface area contributed by atoms with Gasteiger partial charge in [0.25, 0.3) is 0 Å². The molecule has 0 radical (unpaired) electrons. The number of hydrogen-bond acceptors (Lipinski definition) is 2. The zero-order valence-electron chi connectivity index (χ0n) is 8.60. The van der Waals surface area contributed by atoms with Crippen LogP contribution in [0.1, 0.15) is 0 Å². The molecule has 0 saturated heterocycles. The van der Waals surface area contributed by atoms with Gasteiger partial charge < -0.3 is 10.6 Å². The Morgan fingerprint density at radius 1 is 1.06 bits per heavy atom. The van der Waals surface area contributed by atoms with E-state index >= 15 is 0 Å². The summed E-state index contributed by atoms with van der Waals surface area (Å²) in [5, 5.41) is 7.49. The molecule has 0 aliphatic heterocycles. The van der Waals surface area contributed by atoms with Crippen LogP contribution in [-0.2, 0) is 0 Å². The minimum Gasteiger partial charge on any atom is -0.383 e. The molecule has 2 N–H and O–H groups in total. The standard InChI is InChI=1S/C10H13Cl3N2.ClH/c11-4-5-14-6-7-15-9-3-1-2-8(12)10(9)13;/h1-3,14-15H,4-7H2;1H. The lowest BCUT2D eigenvalue weighted by Gasteiger charge is -2.09. The maximum Gasteiger partial charge on any atom is 0.0823 e. The van der Waals surface area contributed by atoms with E-state index in [1.54, 1.807) is 6.07 Å². The molecule has 0 fully saturated rings. The molecule has 0 unspecified atom stereocenters. The third-order valence-electron chi connectivity index (χ3n) is 1.84. The highest BCUT2D eigenvalue weighted by Crippen LogP contribution is 2.29. The van der Waals surface area contributed by atoms with E-state index in [4.69, 9.17) is 34.8 Å². The molecule has 92 valence electrons. The fourth-order valence-electron chi connectivity index (χ4n) is 1.12. The number of nitrogens with one attached hydrogen (secondary N) is 2. The molecule has 1 rings (SSSR count). The zero-order chi connectivity index (χ0) is 11.1. The topological polar surface area (TPSA) is 24.1 Å². The van der Waals surface area contributed by atoms with E-state index < -0.39 is 0 Å². The van der Waals surface area contributed by atoms with Crippen LogP contribution in [0.25, 0.3) is 0 Å². The third kappa shape index (κ3) is 5.46. The largest absolute Gasteiger partial charge is 0.383 e. The molecular weight excluding hydrogens is 290 g/mol. The molecule has 0 aromatic heterocycles. The van der Waals surface area contributed by atoms with Gasteiger partial charge in [0.15, 0.2) is 0 Å². The summed E-state index contributed by atoms with van der Waals surface area (Å²) >= 11 is 17.4. The summed E-state index contributed by atoms with van der Waals surface area (Å²) in [6.07, 6.45) is 0. The number of rotatable bonds is 6. The first-order chi connectivity index (χ1) is 7.25. The van der Waals surface area contributed by atoms with Gasteiger partial charge in [-0.3, -0.25) is 0 Å². The Balaban J connectivity index is 0.00000225. The maximum absolute atomic E-state index is 6.00. The number of hydrogen-bond donors (Lipinski definition) is 2. The van der Waals surface area contributed by atoms with Crippen molar-refractivity contribution in [1.82, 2.24) is 5.32 Å². The van der Waals surface area contributed by atoms with Crippen LogP contribution in [0.3, 0.4) is 0 Å². The summed E-state index contributed by atoms with van der Waals surface area (Å²) in [6.45, 7) is 2.44. The molecule has 0 saturated carbocycles. The maximum atomic E-state index is 6.00. The highest BCUT2D eigenvalue weighted by Gasteiger charge is 2.02. The van der Waals surface area contributed by atoms with E-state index in [1.165, 1.54) is 0 Å². The summed E-state index contributed by atoms with van der Waals surface area (Å²) < 4.78 is 0. The van der Waals surface area contributed by atoms with E-state index in [-0.39, 0.29) is 12.4 Å². The molecule has 1 aromatic rings. The molecule has 0 amide bonds. The minimum atomic E-state index is 0. The van der Waals surface area contributed by atoms with Crippen molar-refractivity contribution in [3.63, 3.8) is 0 Å². The van der Waals surface area contributed by atoms with Crippen LogP contribution < -0.4 is 10.6 Å². The molecule has 6 heteroatoms. The smallest absolute Gasteiger partial charge is 0.0823 e. The first kappa shape index (κ1) is 16.1. The summed E-state index contributed by atoms with van der Waals surface area (Å²) in [5.41, 5.74) is 0.858. The Hall–Kier alpha value is 0.140. The van der Waals surface area contributed by atoms with E-state index in [9.17, 15) is 0 Å². The van der Waals surface area contributed by atoms with Crippen molar-refractivity contribution in [2.45, 2.75) is 0 Å². The van der Waals surface area contributed by atoms with Gasteiger partial charge in [0.05, 0.1) is 15.7 Å². The lowest BCUT2D eigenvalue weighted by atomic mass is 10.3. The van der Waals surface area contributed by atoms with Crippen molar-refractivity contribution in [3.8, 4) is 0 Å². The SMILES string of the molecule is Cl.ClCCNCCNc1cccc(Cl)c1Cl. The second kappa shape index (κ2) is 9.20. The van der Waals surface area contributed by atoms with Gasteiger partial charge in [-0.1, -0.05) is 29.3 Å². The Labute approximate surface area is 117 Å². The van der Waals surface area contributed by atoms with E-state index in [2.05, 4.69) is 10.6 Å². The van der Waals surface area contributed by atoms with Crippen LogP contribution in [0.2, 0.25) is 10.0 Å². The van der Waals surface area contributed by atoms with E-state index in [1.807, 2.05) is 12.1 Å². The van der Waals surface area contributed by atoms with Gasteiger partial charge in [0.1, 0.15) is 0 Å². The van der Waals surface area contributed by atoms with Crippen LogP contribution in [0, 0.1) is 0 Å². The molecule has 0 atom stereocenters. The fraction of sp³-hybridized carbons (Fsp3) is 0.400. The van der Waals surface area contributed by atoms with Gasteiger partial charge >= 0.3 is 0 Å². The van der Waals surface area contributed by atoms with Gasteiger partial charge in [-0.15, -0.1) is 24.0 Å². The van der Waals surface area contributed by atoms with E-state index in [0.717, 1.165) is 25.3 Å². The summed E-state index contributed by atoms with van der Waals surface area (Å²) in [5.74, 6) is 0.623. The normalized spacial score (nSPS) is 9.69. The fourth-order valence-corrected chi connectivity index (χ4v) is 1.62. The second-order valence-corrected chi connectivity index (χ2v) is 4.13. The number of halogens is 4. The lowest BCUT2D eigenvalue weighted by molar-refractivity contribution is 0.742. The van der Waals surface area contributed by atoms with Crippen molar-refractivity contribution in [2.75, 3.05) is 30.8 Å². The molecular formula is C10H14Cl4N2. The van der Waals surface area contributed by atoms with Crippen molar-refractivity contribution in [3.05, 3.63) is 28.2 Å².